The van der Waals surface area contributed by atoms with E-state index in [4.69, 9.17) is 16.3 Å². The van der Waals surface area contributed by atoms with Crippen molar-refractivity contribution in [1.82, 2.24) is 0 Å². The smallest absolute Gasteiger partial charge is 0.124 e. The number of thiophene rings is 1. The average Bonchev–Trinajstić information content (AvgIpc) is 2.92. The lowest BCUT2D eigenvalue weighted by atomic mass is 10.1. The van der Waals surface area contributed by atoms with Gasteiger partial charge in [-0.3, -0.25) is 0 Å². The Kier molecular flexibility index (Phi) is 4.89. The SMILES string of the molecule is COc1cc(C)c(Br)cc1C(Cl)c1cc2c(s1)CCSC2. The van der Waals surface area contributed by atoms with Crippen molar-refractivity contribution in [3.05, 3.63) is 49.1 Å². The van der Waals surface area contributed by atoms with Gasteiger partial charge in [0, 0.05) is 25.5 Å². The molecule has 0 amide bonds. The molecule has 112 valence electrons. The highest BCUT2D eigenvalue weighted by atomic mass is 79.9. The summed E-state index contributed by atoms with van der Waals surface area (Å²) in [5.41, 5.74) is 3.64. The summed E-state index contributed by atoms with van der Waals surface area (Å²) in [6.45, 7) is 2.06. The predicted molar refractivity (Wildman–Crippen MR) is 97.3 cm³/mol. The van der Waals surface area contributed by atoms with Gasteiger partial charge in [0.2, 0.25) is 0 Å². The Hall–Kier alpha value is -0.160. The van der Waals surface area contributed by atoms with E-state index in [1.54, 1.807) is 7.11 Å². The van der Waals surface area contributed by atoms with E-state index in [9.17, 15) is 0 Å². The van der Waals surface area contributed by atoms with E-state index in [2.05, 4.69) is 35.0 Å². The fourth-order valence-electron chi connectivity index (χ4n) is 2.49. The molecule has 2 aromatic rings. The molecule has 1 aromatic heterocycles. The van der Waals surface area contributed by atoms with Gasteiger partial charge < -0.3 is 4.74 Å². The second kappa shape index (κ2) is 6.53. The van der Waals surface area contributed by atoms with Crippen LogP contribution in [0.5, 0.6) is 5.75 Å². The van der Waals surface area contributed by atoms with Crippen LogP contribution in [-0.4, -0.2) is 12.9 Å². The van der Waals surface area contributed by atoms with Gasteiger partial charge in [-0.15, -0.1) is 22.9 Å². The highest BCUT2D eigenvalue weighted by Gasteiger charge is 2.22. The first kappa shape index (κ1) is 15.7. The fraction of sp³-hybridized carbons (Fsp3) is 0.375. The third-order valence-corrected chi connectivity index (χ3v) is 7.44. The van der Waals surface area contributed by atoms with Crippen molar-refractivity contribution in [2.24, 2.45) is 0 Å². The lowest BCUT2D eigenvalue weighted by Gasteiger charge is -2.15. The van der Waals surface area contributed by atoms with Crippen LogP contribution in [0.2, 0.25) is 0 Å². The highest BCUT2D eigenvalue weighted by molar-refractivity contribution is 9.10. The topological polar surface area (TPSA) is 9.23 Å². The minimum atomic E-state index is -0.155. The Bertz CT molecular complexity index is 645. The normalized spacial score (nSPS) is 15.6. The van der Waals surface area contributed by atoms with Gasteiger partial charge in [0.25, 0.3) is 0 Å². The third kappa shape index (κ3) is 3.14. The van der Waals surface area contributed by atoms with Crippen molar-refractivity contribution in [3.63, 3.8) is 0 Å². The Morgan fingerprint density at radius 3 is 2.86 bits per heavy atom. The maximum atomic E-state index is 6.76. The molecule has 5 heteroatoms. The van der Waals surface area contributed by atoms with E-state index < -0.39 is 0 Å². The predicted octanol–water partition coefficient (Wildman–Crippen LogP) is 5.95. The number of alkyl halides is 1. The van der Waals surface area contributed by atoms with E-state index in [1.165, 1.54) is 27.5 Å². The zero-order valence-electron chi connectivity index (χ0n) is 11.9. The minimum Gasteiger partial charge on any atom is -0.496 e. The van der Waals surface area contributed by atoms with E-state index in [-0.39, 0.29) is 5.38 Å². The second-order valence-corrected chi connectivity index (χ2v) is 8.67. The number of ether oxygens (including phenoxy) is 1. The molecule has 0 radical (unpaired) electrons. The molecule has 21 heavy (non-hydrogen) atoms. The van der Waals surface area contributed by atoms with Crippen molar-refractivity contribution in [1.29, 1.82) is 0 Å². The summed E-state index contributed by atoms with van der Waals surface area (Å²) in [6.07, 6.45) is 1.17. The van der Waals surface area contributed by atoms with E-state index >= 15 is 0 Å². The van der Waals surface area contributed by atoms with Crippen LogP contribution in [0.15, 0.2) is 22.7 Å². The van der Waals surface area contributed by atoms with Gasteiger partial charge in [0.15, 0.2) is 0 Å². The quantitative estimate of drug-likeness (QED) is 0.586. The van der Waals surface area contributed by atoms with Gasteiger partial charge in [0.1, 0.15) is 5.75 Å². The van der Waals surface area contributed by atoms with Crippen molar-refractivity contribution in [3.8, 4) is 5.75 Å². The van der Waals surface area contributed by atoms with Gasteiger partial charge in [0.05, 0.1) is 12.5 Å². The molecule has 0 saturated carbocycles. The molecule has 0 aliphatic carbocycles. The lowest BCUT2D eigenvalue weighted by Crippen LogP contribution is -1.97. The molecule has 1 aliphatic rings. The molecule has 2 heterocycles. The van der Waals surface area contributed by atoms with E-state index in [1.807, 2.05) is 29.2 Å². The molecule has 0 spiro atoms. The van der Waals surface area contributed by atoms with Gasteiger partial charge in [-0.2, -0.15) is 11.8 Å². The number of rotatable bonds is 3. The lowest BCUT2D eigenvalue weighted by molar-refractivity contribution is 0.410. The summed E-state index contributed by atoms with van der Waals surface area (Å²) >= 11 is 14.2. The molecule has 1 atom stereocenters. The molecule has 0 bridgehead atoms. The first-order chi connectivity index (χ1) is 10.1. The summed E-state index contributed by atoms with van der Waals surface area (Å²) < 4.78 is 6.59. The zero-order chi connectivity index (χ0) is 15.0. The summed E-state index contributed by atoms with van der Waals surface area (Å²) in [5, 5.41) is -0.155. The molecule has 3 rings (SSSR count). The van der Waals surface area contributed by atoms with Crippen LogP contribution in [0.3, 0.4) is 0 Å². The number of methoxy groups -OCH3 is 1. The molecule has 0 fully saturated rings. The van der Waals surface area contributed by atoms with Crippen LogP contribution in [0.25, 0.3) is 0 Å². The Morgan fingerprint density at radius 1 is 1.33 bits per heavy atom. The standard InChI is InChI=1S/C16H16BrClOS2/c1-9-5-13(19-2)11(7-12(9)17)16(18)15-6-10-8-20-4-3-14(10)21-15/h5-7,16H,3-4,8H2,1-2H3. The maximum absolute atomic E-state index is 6.76. The summed E-state index contributed by atoms with van der Waals surface area (Å²) in [7, 11) is 1.70. The number of halogens is 2. The average molecular weight is 404 g/mol. The van der Waals surface area contributed by atoms with Crippen molar-refractivity contribution in [2.45, 2.75) is 24.5 Å². The monoisotopic (exact) mass is 402 g/mol. The Morgan fingerprint density at radius 2 is 2.14 bits per heavy atom. The zero-order valence-corrected chi connectivity index (χ0v) is 15.9. The van der Waals surface area contributed by atoms with Crippen LogP contribution >= 0.6 is 50.6 Å². The van der Waals surface area contributed by atoms with Crippen LogP contribution in [0, 0.1) is 6.92 Å². The summed E-state index contributed by atoms with van der Waals surface area (Å²) in [5.74, 6) is 3.19. The molecule has 1 aliphatic heterocycles. The first-order valence-corrected chi connectivity index (χ1v) is 9.97. The van der Waals surface area contributed by atoms with Crippen molar-refractivity contribution >= 4 is 50.6 Å². The van der Waals surface area contributed by atoms with E-state index in [0.717, 1.165) is 27.1 Å². The summed E-state index contributed by atoms with van der Waals surface area (Å²) in [6, 6.07) is 6.40. The highest BCUT2D eigenvalue weighted by Crippen LogP contribution is 2.43. The van der Waals surface area contributed by atoms with Crippen molar-refractivity contribution < 1.29 is 4.74 Å². The molecule has 1 nitrogen and oxygen atoms in total. The van der Waals surface area contributed by atoms with E-state index in [0.29, 0.717) is 0 Å². The second-order valence-electron chi connectivity index (χ2n) is 5.11. The fourth-order valence-corrected chi connectivity index (χ4v) is 5.60. The molecular weight excluding hydrogens is 388 g/mol. The van der Waals surface area contributed by atoms with Crippen LogP contribution < -0.4 is 4.74 Å². The van der Waals surface area contributed by atoms with Gasteiger partial charge in [-0.1, -0.05) is 15.9 Å². The van der Waals surface area contributed by atoms with Gasteiger partial charge in [-0.05, 0) is 48.4 Å². The number of benzene rings is 1. The largest absolute Gasteiger partial charge is 0.496 e. The number of hydrogen-bond acceptors (Lipinski definition) is 3. The minimum absolute atomic E-state index is 0.155. The maximum Gasteiger partial charge on any atom is 0.124 e. The van der Waals surface area contributed by atoms with Crippen LogP contribution in [0.4, 0.5) is 0 Å². The molecule has 0 N–H and O–H groups in total. The first-order valence-electron chi connectivity index (χ1n) is 6.77. The Labute approximate surface area is 147 Å². The number of aryl methyl sites for hydroxylation is 2. The van der Waals surface area contributed by atoms with Gasteiger partial charge in [-0.25, -0.2) is 0 Å². The molecule has 0 saturated heterocycles. The van der Waals surface area contributed by atoms with Crippen LogP contribution in [0.1, 0.15) is 31.8 Å². The number of thioether (sulfide) groups is 1. The van der Waals surface area contributed by atoms with Gasteiger partial charge >= 0.3 is 0 Å². The molecular formula is C16H16BrClOS2. The van der Waals surface area contributed by atoms with Crippen molar-refractivity contribution in [2.75, 3.05) is 12.9 Å². The Balaban J connectivity index is 1.99. The number of fused-ring (bicyclic) bond motifs is 1. The third-order valence-electron chi connectivity index (χ3n) is 3.68. The van der Waals surface area contributed by atoms with Crippen LogP contribution in [-0.2, 0) is 12.2 Å². The summed E-state index contributed by atoms with van der Waals surface area (Å²) in [4.78, 5) is 2.72. The number of hydrogen-bond donors (Lipinski definition) is 0. The molecule has 1 unspecified atom stereocenters. The molecule has 1 aromatic carbocycles.